The molecule has 0 bridgehead atoms. The molecule has 3 nitrogen and oxygen atoms in total. The molecule has 13 heavy (non-hydrogen) atoms. The van der Waals surface area contributed by atoms with Crippen molar-refractivity contribution >= 4 is 0 Å². The summed E-state index contributed by atoms with van der Waals surface area (Å²) in [5.41, 5.74) is 1.00. The number of pyridine rings is 1. The number of aliphatic hydroxyl groups excluding tert-OH is 1. The number of hydrogen-bond donors (Lipinski definition) is 2. The van der Waals surface area contributed by atoms with Crippen LogP contribution in [0.3, 0.4) is 0 Å². The summed E-state index contributed by atoms with van der Waals surface area (Å²) in [6, 6.07) is 6.12. The molecule has 0 aliphatic heterocycles. The monoisotopic (exact) mass is 180 g/mol. The first-order valence-electron chi connectivity index (χ1n) is 4.52. The second-order valence-electron chi connectivity index (χ2n) is 3.23. The van der Waals surface area contributed by atoms with Crippen molar-refractivity contribution in [2.24, 2.45) is 0 Å². The van der Waals surface area contributed by atoms with Gasteiger partial charge in [0, 0.05) is 18.3 Å². The van der Waals surface area contributed by atoms with Gasteiger partial charge < -0.3 is 10.4 Å². The molecule has 2 unspecified atom stereocenters. The Bertz CT molecular complexity index is 238. The van der Waals surface area contributed by atoms with Crippen molar-refractivity contribution in [1.82, 2.24) is 10.3 Å². The predicted molar refractivity (Wildman–Crippen MR) is 52.3 cm³/mol. The van der Waals surface area contributed by atoms with E-state index in [1.165, 1.54) is 0 Å². The highest BCUT2D eigenvalue weighted by Gasteiger charge is 2.08. The molecule has 0 aliphatic carbocycles. The van der Waals surface area contributed by atoms with Crippen molar-refractivity contribution in [3.05, 3.63) is 30.1 Å². The summed E-state index contributed by atoms with van der Waals surface area (Å²) in [5, 5.41) is 12.1. The zero-order valence-corrected chi connectivity index (χ0v) is 8.07. The third-order valence-electron chi connectivity index (χ3n) is 1.94. The van der Waals surface area contributed by atoms with Crippen molar-refractivity contribution in [3.63, 3.8) is 0 Å². The van der Waals surface area contributed by atoms with Crippen LogP contribution >= 0.6 is 0 Å². The highest BCUT2D eigenvalue weighted by molar-refractivity contribution is 5.07. The van der Waals surface area contributed by atoms with Gasteiger partial charge in [-0.3, -0.25) is 4.98 Å². The molecule has 3 heteroatoms. The van der Waals surface area contributed by atoms with Crippen LogP contribution in [0.1, 0.15) is 25.6 Å². The van der Waals surface area contributed by atoms with E-state index in [9.17, 15) is 0 Å². The van der Waals surface area contributed by atoms with Gasteiger partial charge >= 0.3 is 0 Å². The Labute approximate surface area is 78.8 Å². The molecule has 72 valence electrons. The van der Waals surface area contributed by atoms with Gasteiger partial charge in [0.25, 0.3) is 0 Å². The van der Waals surface area contributed by atoms with E-state index in [1.54, 1.807) is 6.20 Å². The fourth-order valence-corrected chi connectivity index (χ4v) is 1.20. The molecule has 0 amide bonds. The first kappa shape index (κ1) is 10.2. The molecular formula is C10H16N2O. The van der Waals surface area contributed by atoms with Crippen molar-refractivity contribution in [2.45, 2.75) is 25.9 Å². The second-order valence-corrected chi connectivity index (χ2v) is 3.23. The molecular weight excluding hydrogens is 164 g/mol. The summed E-state index contributed by atoms with van der Waals surface area (Å²) in [5.74, 6) is 0. The molecule has 2 N–H and O–H groups in total. The topological polar surface area (TPSA) is 45.1 Å². The van der Waals surface area contributed by atoms with E-state index >= 15 is 0 Å². The Morgan fingerprint density at radius 3 is 2.77 bits per heavy atom. The Morgan fingerprint density at radius 1 is 1.46 bits per heavy atom. The molecule has 1 heterocycles. The van der Waals surface area contributed by atoms with E-state index < -0.39 is 0 Å². The Balaban J connectivity index is 2.53. The number of rotatable bonds is 4. The number of nitrogens with one attached hydrogen (secondary N) is 1. The van der Waals surface area contributed by atoms with E-state index in [4.69, 9.17) is 5.11 Å². The lowest BCUT2D eigenvalue weighted by Crippen LogP contribution is -2.32. The van der Waals surface area contributed by atoms with Gasteiger partial charge in [-0.1, -0.05) is 6.07 Å². The third kappa shape index (κ3) is 3.13. The molecule has 2 atom stereocenters. The van der Waals surface area contributed by atoms with Gasteiger partial charge in [-0.2, -0.15) is 0 Å². The highest BCUT2D eigenvalue weighted by Crippen LogP contribution is 2.08. The van der Waals surface area contributed by atoms with Crippen LogP contribution in [0, 0.1) is 0 Å². The van der Waals surface area contributed by atoms with Crippen LogP contribution in [0.25, 0.3) is 0 Å². The molecule has 1 rings (SSSR count). The largest absolute Gasteiger partial charge is 0.395 e. The average molecular weight is 180 g/mol. The van der Waals surface area contributed by atoms with Gasteiger partial charge in [0.05, 0.1) is 12.3 Å². The van der Waals surface area contributed by atoms with Gasteiger partial charge in [0.15, 0.2) is 0 Å². The lowest BCUT2D eigenvalue weighted by Gasteiger charge is -2.17. The minimum absolute atomic E-state index is 0.108. The van der Waals surface area contributed by atoms with Crippen LogP contribution in [0.5, 0.6) is 0 Å². The maximum Gasteiger partial charge on any atom is 0.0582 e. The maximum absolute atomic E-state index is 8.85. The zero-order chi connectivity index (χ0) is 9.68. The third-order valence-corrected chi connectivity index (χ3v) is 1.94. The van der Waals surface area contributed by atoms with E-state index in [0.717, 1.165) is 5.69 Å². The van der Waals surface area contributed by atoms with Crippen LogP contribution in [0.15, 0.2) is 24.4 Å². The molecule has 1 aromatic heterocycles. The summed E-state index contributed by atoms with van der Waals surface area (Å²) >= 11 is 0. The van der Waals surface area contributed by atoms with Crippen molar-refractivity contribution in [1.29, 1.82) is 0 Å². The lowest BCUT2D eigenvalue weighted by atomic mass is 10.2. The minimum atomic E-state index is 0.108. The number of aromatic nitrogens is 1. The number of nitrogens with zero attached hydrogens (tertiary/aromatic N) is 1. The first-order chi connectivity index (χ1) is 6.24. The van der Waals surface area contributed by atoms with E-state index in [2.05, 4.69) is 10.3 Å². The van der Waals surface area contributed by atoms with Gasteiger partial charge in [-0.05, 0) is 26.0 Å². The summed E-state index contributed by atoms with van der Waals surface area (Å²) in [7, 11) is 0. The quantitative estimate of drug-likeness (QED) is 0.729. The SMILES string of the molecule is CC(CO)NC(C)c1ccccn1. The first-order valence-corrected chi connectivity index (χ1v) is 4.52. The molecule has 0 fully saturated rings. The standard InChI is InChI=1S/C10H16N2O/c1-8(7-13)12-9(2)10-5-3-4-6-11-10/h3-6,8-9,12-13H,7H2,1-2H3. The Morgan fingerprint density at radius 2 is 2.23 bits per heavy atom. The molecule has 0 saturated carbocycles. The summed E-state index contributed by atoms with van der Waals surface area (Å²) in [4.78, 5) is 4.22. The Kier molecular flexibility index (Phi) is 3.86. The van der Waals surface area contributed by atoms with Crippen LogP contribution < -0.4 is 5.32 Å². The van der Waals surface area contributed by atoms with Crippen molar-refractivity contribution < 1.29 is 5.11 Å². The molecule has 1 aromatic rings. The lowest BCUT2D eigenvalue weighted by molar-refractivity contribution is 0.242. The molecule has 0 radical (unpaired) electrons. The van der Waals surface area contributed by atoms with Gasteiger partial charge in [0.2, 0.25) is 0 Å². The van der Waals surface area contributed by atoms with E-state index in [-0.39, 0.29) is 18.7 Å². The van der Waals surface area contributed by atoms with Gasteiger partial charge in [0.1, 0.15) is 0 Å². The number of hydrogen-bond acceptors (Lipinski definition) is 3. The maximum atomic E-state index is 8.85. The molecule has 0 aliphatic rings. The fraction of sp³-hybridized carbons (Fsp3) is 0.500. The molecule has 0 aromatic carbocycles. The highest BCUT2D eigenvalue weighted by atomic mass is 16.3. The summed E-state index contributed by atoms with van der Waals surface area (Å²) in [6.45, 7) is 4.13. The summed E-state index contributed by atoms with van der Waals surface area (Å²) < 4.78 is 0. The molecule has 0 saturated heterocycles. The van der Waals surface area contributed by atoms with Crippen LogP contribution in [0.4, 0.5) is 0 Å². The van der Waals surface area contributed by atoms with Gasteiger partial charge in [-0.15, -0.1) is 0 Å². The van der Waals surface area contributed by atoms with Crippen molar-refractivity contribution in [2.75, 3.05) is 6.61 Å². The number of aliphatic hydroxyl groups is 1. The van der Waals surface area contributed by atoms with Crippen molar-refractivity contribution in [3.8, 4) is 0 Å². The normalized spacial score (nSPS) is 15.3. The Hall–Kier alpha value is -0.930. The molecule has 0 spiro atoms. The zero-order valence-electron chi connectivity index (χ0n) is 8.07. The van der Waals surface area contributed by atoms with Crippen LogP contribution in [0.2, 0.25) is 0 Å². The average Bonchev–Trinajstić information content (AvgIpc) is 2.19. The van der Waals surface area contributed by atoms with Crippen LogP contribution in [-0.4, -0.2) is 22.7 Å². The minimum Gasteiger partial charge on any atom is -0.395 e. The second kappa shape index (κ2) is 4.94. The summed E-state index contributed by atoms with van der Waals surface area (Å²) in [6.07, 6.45) is 1.77. The van der Waals surface area contributed by atoms with Gasteiger partial charge in [-0.25, -0.2) is 0 Å². The fourth-order valence-electron chi connectivity index (χ4n) is 1.20. The predicted octanol–water partition coefficient (Wildman–Crippen LogP) is 1.11. The smallest absolute Gasteiger partial charge is 0.0582 e. The van der Waals surface area contributed by atoms with E-state index in [1.807, 2.05) is 32.0 Å². The van der Waals surface area contributed by atoms with Crippen LogP contribution in [-0.2, 0) is 0 Å². The van der Waals surface area contributed by atoms with E-state index in [0.29, 0.717) is 0 Å².